The molecule has 0 spiro atoms. The zero-order chi connectivity index (χ0) is 66.1. The molecule has 0 aromatic carbocycles. The number of rotatable bonds is 72. The monoisotopic (exact) mass is 1320 g/mol. The van der Waals surface area contributed by atoms with Crippen molar-refractivity contribution in [3.8, 4) is 0 Å². The number of esters is 4. The minimum Gasteiger partial charge on any atom is -0.462 e. The Balaban J connectivity index is 5.13. The maximum Gasteiger partial charge on any atom is 0.472 e. The van der Waals surface area contributed by atoms with Crippen LogP contribution in [0.3, 0.4) is 0 Å². The van der Waals surface area contributed by atoms with Gasteiger partial charge in [-0.2, -0.15) is 0 Å². The topological polar surface area (TPSA) is 237 Å². The molecule has 0 aliphatic heterocycles. The van der Waals surface area contributed by atoms with Gasteiger partial charge < -0.3 is 33.8 Å². The quantitative estimate of drug-likeness (QED) is 0.0222. The van der Waals surface area contributed by atoms with Gasteiger partial charge in [0.1, 0.15) is 19.3 Å². The molecule has 3 N–H and O–H groups in total. The van der Waals surface area contributed by atoms with E-state index >= 15 is 0 Å². The van der Waals surface area contributed by atoms with Gasteiger partial charge in [0.05, 0.1) is 26.4 Å². The van der Waals surface area contributed by atoms with E-state index in [0.29, 0.717) is 25.7 Å². The van der Waals surface area contributed by atoms with Crippen LogP contribution in [0.5, 0.6) is 0 Å². The van der Waals surface area contributed by atoms with Gasteiger partial charge in [-0.05, 0) is 25.7 Å². The summed E-state index contributed by atoms with van der Waals surface area (Å²) in [6.07, 6.45) is 54.4. The smallest absolute Gasteiger partial charge is 0.462 e. The predicted octanol–water partition coefficient (Wildman–Crippen LogP) is 20.7. The van der Waals surface area contributed by atoms with Gasteiger partial charge in [-0.25, -0.2) is 9.13 Å². The summed E-state index contributed by atoms with van der Waals surface area (Å²) < 4.78 is 68.1. The van der Waals surface area contributed by atoms with E-state index in [1.54, 1.807) is 0 Å². The Morgan fingerprint density at radius 2 is 0.444 bits per heavy atom. The van der Waals surface area contributed by atoms with E-state index in [9.17, 15) is 43.2 Å². The highest BCUT2D eigenvalue weighted by Gasteiger charge is 2.30. The van der Waals surface area contributed by atoms with Crippen LogP contribution in [0.2, 0.25) is 0 Å². The van der Waals surface area contributed by atoms with Crippen LogP contribution in [0.4, 0.5) is 0 Å². The summed E-state index contributed by atoms with van der Waals surface area (Å²) in [5.74, 6) is -2.13. The maximum atomic E-state index is 13.0. The summed E-state index contributed by atoms with van der Waals surface area (Å²) in [5, 5.41) is 10.6. The Morgan fingerprint density at radius 3 is 0.656 bits per heavy atom. The lowest BCUT2D eigenvalue weighted by molar-refractivity contribution is -0.161. The molecule has 0 fully saturated rings. The largest absolute Gasteiger partial charge is 0.472 e. The summed E-state index contributed by atoms with van der Waals surface area (Å²) in [6, 6.07) is 0. The van der Waals surface area contributed by atoms with Gasteiger partial charge >= 0.3 is 39.5 Å². The minimum absolute atomic E-state index is 0.106. The average Bonchev–Trinajstić information content (AvgIpc) is 3.67. The molecule has 0 aliphatic carbocycles. The molecule has 0 aromatic heterocycles. The molecule has 19 heteroatoms. The van der Waals surface area contributed by atoms with E-state index in [1.807, 2.05) is 0 Å². The molecule has 534 valence electrons. The van der Waals surface area contributed by atoms with E-state index in [2.05, 4.69) is 27.7 Å². The zero-order valence-corrected chi connectivity index (χ0v) is 59.9. The normalized spacial score (nSPS) is 14.0. The maximum absolute atomic E-state index is 13.0. The number of hydrogen-bond acceptors (Lipinski definition) is 15. The second-order valence-corrected chi connectivity index (χ2v) is 28.5. The Kier molecular flexibility index (Phi) is 64.3. The number of phosphoric acid groups is 2. The van der Waals surface area contributed by atoms with Crippen LogP contribution < -0.4 is 0 Å². The lowest BCUT2D eigenvalue weighted by Crippen LogP contribution is -2.30. The molecule has 0 heterocycles. The third-order valence-electron chi connectivity index (χ3n) is 16.6. The van der Waals surface area contributed by atoms with Crippen LogP contribution in [0.25, 0.3) is 0 Å². The molecule has 90 heavy (non-hydrogen) atoms. The molecule has 17 nitrogen and oxygen atoms in total. The molecule has 0 aromatic rings. The van der Waals surface area contributed by atoms with Gasteiger partial charge in [0, 0.05) is 25.7 Å². The van der Waals surface area contributed by atoms with Crippen molar-refractivity contribution in [2.45, 2.75) is 393 Å². The molecule has 0 saturated carbocycles. The first-order valence-electron chi connectivity index (χ1n) is 37.3. The van der Waals surface area contributed by atoms with Crippen molar-refractivity contribution in [1.82, 2.24) is 0 Å². The van der Waals surface area contributed by atoms with Crippen molar-refractivity contribution >= 4 is 39.5 Å². The summed E-state index contributed by atoms with van der Waals surface area (Å²) in [4.78, 5) is 72.3. The first-order chi connectivity index (χ1) is 43.7. The number of carbonyl (C=O) groups is 4. The van der Waals surface area contributed by atoms with Crippen molar-refractivity contribution in [3.05, 3.63) is 0 Å². The van der Waals surface area contributed by atoms with Crippen LogP contribution in [0, 0.1) is 0 Å². The van der Waals surface area contributed by atoms with Crippen molar-refractivity contribution in [2.24, 2.45) is 0 Å². The summed E-state index contributed by atoms with van der Waals surface area (Å²) in [7, 11) is -9.89. The van der Waals surface area contributed by atoms with Crippen LogP contribution in [0.1, 0.15) is 374 Å². The van der Waals surface area contributed by atoms with Crippen LogP contribution >= 0.6 is 15.6 Å². The Labute approximate surface area is 549 Å². The average molecular weight is 1330 g/mol. The predicted molar refractivity (Wildman–Crippen MR) is 363 cm³/mol. The fourth-order valence-electron chi connectivity index (χ4n) is 10.9. The number of phosphoric ester groups is 2. The van der Waals surface area contributed by atoms with Crippen LogP contribution in [-0.2, 0) is 65.4 Å². The molecule has 0 bridgehead atoms. The molecule has 0 aliphatic rings. The van der Waals surface area contributed by atoms with E-state index in [4.69, 9.17) is 37.0 Å². The Bertz CT molecular complexity index is 1720. The molecular formula is C71H138O17P2. The van der Waals surface area contributed by atoms with Gasteiger partial charge in [-0.3, -0.25) is 37.3 Å². The number of aliphatic hydroxyl groups excluding tert-OH is 1. The molecule has 2 unspecified atom stereocenters. The van der Waals surface area contributed by atoms with Crippen molar-refractivity contribution in [3.63, 3.8) is 0 Å². The molecule has 0 rings (SSSR count). The van der Waals surface area contributed by atoms with Crippen molar-refractivity contribution in [1.29, 1.82) is 0 Å². The highest BCUT2D eigenvalue weighted by molar-refractivity contribution is 7.47. The second kappa shape index (κ2) is 65.7. The van der Waals surface area contributed by atoms with Gasteiger partial charge in [0.2, 0.25) is 0 Å². The van der Waals surface area contributed by atoms with E-state index < -0.39 is 97.5 Å². The van der Waals surface area contributed by atoms with Gasteiger partial charge in [0.15, 0.2) is 12.2 Å². The van der Waals surface area contributed by atoms with Crippen LogP contribution in [-0.4, -0.2) is 96.7 Å². The molecule has 0 amide bonds. The molecule has 0 saturated heterocycles. The highest BCUT2D eigenvalue weighted by Crippen LogP contribution is 2.45. The molecule has 5 atom stereocenters. The number of aliphatic hydroxyl groups is 1. The number of hydrogen-bond donors (Lipinski definition) is 3. The number of carbonyl (C=O) groups excluding carboxylic acids is 4. The SMILES string of the molecule is CCCCCCCCCCCCCCCCCCCCCCCC(=O)O[C@H](COC(=O)CCCCCCCCCCCCCCC)COP(=O)(O)OC[C@@H](O)COP(=O)(O)OC[C@@H](COC(=O)CCCCCCCCC)OC(=O)CCCCCCCCCCC. The number of ether oxygens (including phenoxy) is 4. The van der Waals surface area contributed by atoms with Crippen molar-refractivity contribution in [2.75, 3.05) is 39.6 Å². The first kappa shape index (κ1) is 88.1. The fourth-order valence-corrected chi connectivity index (χ4v) is 12.4. The lowest BCUT2D eigenvalue weighted by atomic mass is 10.0. The second-order valence-electron chi connectivity index (χ2n) is 25.6. The number of unbranched alkanes of at least 4 members (excludes halogenated alkanes) is 46. The van der Waals surface area contributed by atoms with Gasteiger partial charge in [-0.15, -0.1) is 0 Å². The fraction of sp³-hybridized carbons (Fsp3) is 0.944. The Hall–Kier alpha value is -1.94. The Morgan fingerprint density at radius 1 is 0.267 bits per heavy atom. The third kappa shape index (κ3) is 64.8. The third-order valence-corrected chi connectivity index (χ3v) is 18.5. The van der Waals surface area contributed by atoms with Gasteiger partial charge in [-0.1, -0.05) is 323 Å². The van der Waals surface area contributed by atoms with Crippen molar-refractivity contribution < 1.29 is 80.2 Å². The van der Waals surface area contributed by atoms with E-state index in [0.717, 1.165) is 103 Å². The zero-order valence-electron chi connectivity index (χ0n) is 58.1. The minimum atomic E-state index is -4.95. The summed E-state index contributed by atoms with van der Waals surface area (Å²) in [6.45, 7) is 4.89. The first-order valence-corrected chi connectivity index (χ1v) is 40.3. The molecule has 0 radical (unpaired) electrons. The summed E-state index contributed by atoms with van der Waals surface area (Å²) in [5.41, 5.74) is 0. The van der Waals surface area contributed by atoms with E-state index in [1.165, 1.54) is 193 Å². The summed E-state index contributed by atoms with van der Waals surface area (Å²) >= 11 is 0. The van der Waals surface area contributed by atoms with Crippen LogP contribution in [0.15, 0.2) is 0 Å². The lowest BCUT2D eigenvalue weighted by Gasteiger charge is -2.21. The van der Waals surface area contributed by atoms with Gasteiger partial charge in [0.25, 0.3) is 0 Å². The highest BCUT2D eigenvalue weighted by atomic mass is 31.2. The standard InChI is InChI=1S/C71H138O17P2/c1-5-9-13-17-21-24-26-28-29-30-31-32-33-34-35-37-39-42-46-50-54-58-71(76)88-67(62-82-69(74)56-52-48-44-41-38-36-27-25-22-18-14-10-6-2)64-86-90(79,80)84-60-65(72)59-83-89(77,78)85-63-66(61-81-68(73)55-51-47-43-20-16-12-8-4)87-70(75)57-53-49-45-40-23-19-15-11-7-3/h65-67,72H,5-64H2,1-4H3,(H,77,78)(H,79,80)/t65-,66+,67+/m0/s1. The van der Waals surface area contributed by atoms with E-state index in [-0.39, 0.29) is 25.7 Å². The molecular weight excluding hydrogens is 1190 g/mol.